The monoisotopic (exact) mass is 467 g/mol. The van der Waals surface area contributed by atoms with Gasteiger partial charge in [0.1, 0.15) is 11.6 Å². The van der Waals surface area contributed by atoms with E-state index in [9.17, 15) is 13.6 Å². The number of nitrogens with zero attached hydrogens (tertiary/aromatic N) is 4. The summed E-state index contributed by atoms with van der Waals surface area (Å²) in [5.74, 6) is -0.646. The quantitative estimate of drug-likeness (QED) is 0.360. The van der Waals surface area contributed by atoms with Gasteiger partial charge in [-0.05, 0) is 37.4 Å². The fourth-order valence-corrected chi connectivity index (χ4v) is 3.83. The Bertz CT molecular complexity index is 1280. The van der Waals surface area contributed by atoms with E-state index in [1.54, 1.807) is 0 Å². The fraction of sp³-hybridized carbons (Fsp3) is 0.320. The summed E-state index contributed by atoms with van der Waals surface area (Å²) in [7, 11) is 0. The number of hydrogen-bond donors (Lipinski definition) is 1. The number of likely N-dealkylation sites (N-methyl/N-ethyl adjacent to an activating group) is 1. The minimum absolute atomic E-state index is 0.116. The summed E-state index contributed by atoms with van der Waals surface area (Å²) in [4.78, 5) is 23.7. The molecule has 0 spiro atoms. The van der Waals surface area contributed by atoms with E-state index in [0.717, 1.165) is 42.8 Å². The standard InChI is InChI=1S/C25H27F2N5O2/c1-3-31(4-2)13-14-32-21-8-6-5-7-20(21)29-25(32)30-23(33)11-12-24-28-16-22(34-24)18-10-9-17(26)15-19(18)27/h5-10,15-16H,3-4,11-14H2,1-2H3,(H,29,30,33). The molecule has 0 saturated carbocycles. The molecule has 1 amide bonds. The van der Waals surface area contributed by atoms with Crippen molar-refractivity contribution in [2.45, 2.75) is 33.2 Å². The van der Waals surface area contributed by atoms with Gasteiger partial charge in [0.25, 0.3) is 0 Å². The van der Waals surface area contributed by atoms with Gasteiger partial charge in [-0.1, -0.05) is 26.0 Å². The maximum Gasteiger partial charge on any atom is 0.227 e. The van der Waals surface area contributed by atoms with Crippen molar-refractivity contribution in [1.29, 1.82) is 0 Å². The van der Waals surface area contributed by atoms with Crippen molar-refractivity contribution in [3.63, 3.8) is 0 Å². The van der Waals surface area contributed by atoms with Gasteiger partial charge in [-0.2, -0.15) is 0 Å². The molecule has 0 saturated heterocycles. The first-order chi connectivity index (χ1) is 16.5. The summed E-state index contributed by atoms with van der Waals surface area (Å²) in [5, 5.41) is 2.91. The maximum absolute atomic E-state index is 14.0. The van der Waals surface area contributed by atoms with Gasteiger partial charge in [-0.25, -0.2) is 18.7 Å². The largest absolute Gasteiger partial charge is 0.441 e. The highest BCUT2D eigenvalue weighted by Gasteiger charge is 2.16. The summed E-state index contributed by atoms with van der Waals surface area (Å²) >= 11 is 0. The molecule has 7 nitrogen and oxygen atoms in total. The van der Waals surface area contributed by atoms with Crippen molar-refractivity contribution in [2.24, 2.45) is 0 Å². The Balaban J connectivity index is 1.43. The van der Waals surface area contributed by atoms with Gasteiger partial charge >= 0.3 is 0 Å². The molecule has 9 heteroatoms. The van der Waals surface area contributed by atoms with Gasteiger partial charge in [0.05, 0.1) is 22.8 Å². The minimum atomic E-state index is -0.732. The summed E-state index contributed by atoms with van der Waals surface area (Å²) < 4.78 is 34.7. The normalized spacial score (nSPS) is 11.4. The Labute approximate surface area is 196 Å². The number of rotatable bonds is 10. The van der Waals surface area contributed by atoms with E-state index in [0.29, 0.717) is 18.4 Å². The zero-order valence-corrected chi connectivity index (χ0v) is 19.2. The Kier molecular flexibility index (Phi) is 7.32. The molecule has 4 rings (SSSR count). The average molecular weight is 468 g/mol. The van der Waals surface area contributed by atoms with Gasteiger partial charge in [-0.15, -0.1) is 0 Å². The van der Waals surface area contributed by atoms with Crippen LogP contribution < -0.4 is 5.32 Å². The molecule has 0 aliphatic rings. The highest BCUT2D eigenvalue weighted by atomic mass is 19.1. The molecule has 1 N–H and O–H groups in total. The van der Waals surface area contributed by atoms with E-state index in [2.05, 4.69) is 34.0 Å². The topological polar surface area (TPSA) is 76.2 Å². The van der Waals surface area contributed by atoms with Crippen LogP contribution in [0.2, 0.25) is 0 Å². The molecule has 0 radical (unpaired) electrons. The summed E-state index contributed by atoms with van der Waals surface area (Å²) in [6, 6.07) is 11.0. The Morgan fingerprint density at radius 2 is 1.94 bits per heavy atom. The van der Waals surface area contributed by atoms with Crippen LogP contribution in [0.1, 0.15) is 26.2 Å². The van der Waals surface area contributed by atoms with E-state index in [-0.39, 0.29) is 30.1 Å². The first-order valence-corrected chi connectivity index (χ1v) is 11.4. The Morgan fingerprint density at radius 3 is 2.71 bits per heavy atom. The van der Waals surface area contributed by atoms with E-state index in [1.807, 2.05) is 28.8 Å². The lowest BCUT2D eigenvalue weighted by atomic mass is 10.2. The molecule has 0 unspecified atom stereocenters. The summed E-state index contributed by atoms with van der Waals surface area (Å²) in [6.07, 6.45) is 1.72. The van der Waals surface area contributed by atoms with Gasteiger partial charge in [0, 0.05) is 32.0 Å². The second-order valence-electron chi connectivity index (χ2n) is 7.89. The predicted octanol–water partition coefficient (Wildman–Crippen LogP) is 4.88. The highest BCUT2D eigenvalue weighted by Crippen LogP contribution is 2.25. The lowest BCUT2D eigenvalue weighted by Crippen LogP contribution is -2.27. The molecule has 0 fully saturated rings. The smallest absolute Gasteiger partial charge is 0.227 e. The SMILES string of the molecule is CCN(CC)CCn1c(NC(=O)CCc2ncc(-c3ccc(F)cc3F)o2)nc2ccccc21. The number of amides is 1. The van der Waals surface area contributed by atoms with Crippen LogP contribution in [0.15, 0.2) is 53.1 Å². The molecular formula is C25H27F2N5O2. The Hall–Kier alpha value is -3.59. The third-order valence-electron chi connectivity index (χ3n) is 5.76. The zero-order valence-electron chi connectivity index (χ0n) is 19.2. The van der Waals surface area contributed by atoms with Crippen molar-refractivity contribution >= 4 is 22.9 Å². The van der Waals surface area contributed by atoms with Crippen LogP contribution >= 0.6 is 0 Å². The van der Waals surface area contributed by atoms with Crippen LogP contribution in [0.5, 0.6) is 0 Å². The number of oxazole rings is 1. The molecule has 2 aromatic heterocycles. The summed E-state index contributed by atoms with van der Waals surface area (Å²) in [6.45, 7) is 7.68. The molecular weight excluding hydrogens is 440 g/mol. The zero-order chi connectivity index (χ0) is 24.1. The van der Waals surface area contributed by atoms with E-state index in [1.165, 1.54) is 12.3 Å². The van der Waals surface area contributed by atoms with Crippen LogP contribution in [0.4, 0.5) is 14.7 Å². The van der Waals surface area contributed by atoms with Crippen molar-refractivity contribution < 1.29 is 18.0 Å². The lowest BCUT2D eigenvalue weighted by Gasteiger charge is -2.19. The number of carbonyl (C=O) groups is 1. The van der Waals surface area contributed by atoms with Crippen LogP contribution in [-0.2, 0) is 17.8 Å². The summed E-state index contributed by atoms with van der Waals surface area (Å²) in [5.41, 5.74) is 1.89. The molecule has 4 aromatic rings. The van der Waals surface area contributed by atoms with Crippen molar-refractivity contribution in [1.82, 2.24) is 19.4 Å². The number of hydrogen-bond acceptors (Lipinski definition) is 5. The van der Waals surface area contributed by atoms with Gasteiger partial charge in [0.15, 0.2) is 11.7 Å². The molecule has 178 valence electrons. The second kappa shape index (κ2) is 10.6. The van der Waals surface area contributed by atoms with Gasteiger partial charge in [0.2, 0.25) is 11.9 Å². The predicted molar refractivity (Wildman–Crippen MR) is 126 cm³/mol. The third kappa shape index (κ3) is 5.31. The van der Waals surface area contributed by atoms with Gasteiger partial charge < -0.3 is 13.9 Å². The number of para-hydroxylation sites is 2. The first kappa shape index (κ1) is 23.6. The number of anilines is 1. The van der Waals surface area contributed by atoms with Crippen molar-refractivity contribution in [3.8, 4) is 11.3 Å². The average Bonchev–Trinajstić information content (AvgIpc) is 3.43. The van der Waals surface area contributed by atoms with E-state index >= 15 is 0 Å². The number of halogens is 2. The number of benzene rings is 2. The second-order valence-corrected chi connectivity index (χ2v) is 7.89. The number of aryl methyl sites for hydroxylation is 1. The lowest BCUT2D eigenvalue weighted by molar-refractivity contribution is -0.116. The molecule has 2 heterocycles. The number of aromatic nitrogens is 3. The Morgan fingerprint density at radius 1 is 1.15 bits per heavy atom. The molecule has 34 heavy (non-hydrogen) atoms. The van der Waals surface area contributed by atoms with Gasteiger partial charge in [-0.3, -0.25) is 10.1 Å². The fourth-order valence-electron chi connectivity index (χ4n) is 3.83. The molecule has 0 bridgehead atoms. The van der Waals surface area contributed by atoms with Crippen LogP contribution in [0.3, 0.4) is 0 Å². The minimum Gasteiger partial charge on any atom is -0.441 e. The molecule has 0 aliphatic heterocycles. The molecule has 0 atom stereocenters. The number of fused-ring (bicyclic) bond motifs is 1. The van der Waals surface area contributed by atoms with Crippen LogP contribution in [0.25, 0.3) is 22.4 Å². The van der Waals surface area contributed by atoms with E-state index < -0.39 is 11.6 Å². The number of carbonyl (C=O) groups excluding carboxylic acids is 1. The maximum atomic E-state index is 14.0. The number of nitrogens with one attached hydrogen (secondary N) is 1. The molecule has 2 aromatic carbocycles. The molecule has 0 aliphatic carbocycles. The van der Waals surface area contributed by atoms with Crippen molar-refractivity contribution in [3.05, 3.63) is 66.2 Å². The van der Waals surface area contributed by atoms with E-state index in [4.69, 9.17) is 4.42 Å². The van der Waals surface area contributed by atoms with Crippen LogP contribution in [0, 0.1) is 11.6 Å². The van der Waals surface area contributed by atoms with Crippen molar-refractivity contribution in [2.75, 3.05) is 25.0 Å². The highest BCUT2D eigenvalue weighted by molar-refractivity contribution is 5.91. The number of imidazole rings is 1. The van der Waals surface area contributed by atoms with Crippen LogP contribution in [-0.4, -0.2) is 45.0 Å². The first-order valence-electron chi connectivity index (χ1n) is 11.4. The third-order valence-corrected chi connectivity index (χ3v) is 5.76.